The predicted molar refractivity (Wildman–Crippen MR) is 86.8 cm³/mol. The SMILES string of the molecule is O=C(O)Cn1cc(-c2cccc(N3CCOCC3)c2)ccc1=O. The largest absolute Gasteiger partial charge is 0.480 e. The van der Waals surface area contributed by atoms with Gasteiger partial charge in [0, 0.05) is 31.0 Å². The first-order valence-corrected chi connectivity index (χ1v) is 7.49. The third kappa shape index (κ3) is 3.60. The lowest BCUT2D eigenvalue weighted by Gasteiger charge is -2.29. The van der Waals surface area contributed by atoms with Crippen molar-refractivity contribution in [3.05, 3.63) is 52.9 Å². The van der Waals surface area contributed by atoms with Crippen molar-refractivity contribution in [3.63, 3.8) is 0 Å². The molecule has 0 bridgehead atoms. The molecule has 1 fully saturated rings. The Labute approximate surface area is 133 Å². The summed E-state index contributed by atoms with van der Waals surface area (Å²) in [7, 11) is 0. The zero-order valence-corrected chi connectivity index (χ0v) is 12.6. The number of morpholine rings is 1. The smallest absolute Gasteiger partial charge is 0.323 e. The van der Waals surface area contributed by atoms with Crippen molar-refractivity contribution in [1.29, 1.82) is 0 Å². The van der Waals surface area contributed by atoms with Crippen LogP contribution in [0.2, 0.25) is 0 Å². The number of carboxylic acids is 1. The first kappa shape index (κ1) is 15.3. The Morgan fingerprint density at radius 2 is 1.91 bits per heavy atom. The van der Waals surface area contributed by atoms with Gasteiger partial charge in [-0.2, -0.15) is 0 Å². The summed E-state index contributed by atoms with van der Waals surface area (Å²) in [5.41, 5.74) is 2.55. The highest BCUT2D eigenvalue weighted by atomic mass is 16.5. The molecule has 0 amide bonds. The van der Waals surface area contributed by atoms with E-state index in [0.29, 0.717) is 13.2 Å². The number of hydrogen-bond donors (Lipinski definition) is 1. The van der Waals surface area contributed by atoms with Gasteiger partial charge in [-0.15, -0.1) is 0 Å². The van der Waals surface area contributed by atoms with Crippen molar-refractivity contribution >= 4 is 11.7 Å². The molecule has 0 radical (unpaired) electrons. The lowest BCUT2D eigenvalue weighted by atomic mass is 10.1. The molecule has 1 aliphatic heterocycles. The molecule has 3 rings (SSSR count). The lowest BCUT2D eigenvalue weighted by molar-refractivity contribution is -0.137. The monoisotopic (exact) mass is 314 g/mol. The quantitative estimate of drug-likeness (QED) is 0.924. The number of hydrogen-bond acceptors (Lipinski definition) is 4. The van der Waals surface area contributed by atoms with E-state index in [1.54, 1.807) is 12.3 Å². The number of benzene rings is 1. The molecule has 6 heteroatoms. The summed E-state index contributed by atoms with van der Waals surface area (Å²) in [5, 5.41) is 8.89. The van der Waals surface area contributed by atoms with Crippen LogP contribution in [0.5, 0.6) is 0 Å². The molecular formula is C17H18N2O4. The van der Waals surface area contributed by atoms with Crippen LogP contribution < -0.4 is 10.5 Å². The van der Waals surface area contributed by atoms with Crippen molar-refractivity contribution in [2.75, 3.05) is 31.2 Å². The minimum absolute atomic E-state index is 0.319. The van der Waals surface area contributed by atoms with Gasteiger partial charge in [0.2, 0.25) is 0 Å². The molecule has 6 nitrogen and oxygen atoms in total. The van der Waals surface area contributed by atoms with Gasteiger partial charge >= 0.3 is 5.97 Å². The molecule has 1 N–H and O–H groups in total. The Balaban J connectivity index is 1.92. The van der Waals surface area contributed by atoms with Gasteiger partial charge in [0.05, 0.1) is 13.2 Å². The van der Waals surface area contributed by atoms with Crippen LogP contribution in [-0.4, -0.2) is 41.9 Å². The number of carboxylic acid groups (broad SMARTS) is 1. The number of pyridine rings is 1. The van der Waals surface area contributed by atoms with Crippen molar-refractivity contribution in [2.45, 2.75) is 6.54 Å². The molecule has 1 aliphatic rings. The van der Waals surface area contributed by atoms with E-state index >= 15 is 0 Å². The molecule has 0 unspecified atom stereocenters. The molecule has 1 saturated heterocycles. The van der Waals surface area contributed by atoms with Gasteiger partial charge in [0.15, 0.2) is 0 Å². The summed E-state index contributed by atoms with van der Waals surface area (Å²) in [4.78, 5) is 24.8. The minimum Gasteiger partial charge on any atom is -0.480 e. The van der Waals surface area contributed by atoms with Crippen LogP contribution in [-0.2, 0) is 16.1 Å². The molecular weight excluding hydrogens is 296 g/mol. The van der Waals surface area contributed by atoms with E-state index in [-0.39, 0.29) is 12.1 Å². The fraction of sp³-hybridized carbons (Fsp3) is 0.294. The fourth-order valence-corrected chi connectivity index (χ4v) is 2.68. The maximum atomic E-state index is 11.7. The number of carbonyl (C=O) groups is 1. The van der Waals surface area contributed by atoms with E-state index < -0.39 is 5.97 Å². The summed E-state index contributed by atoms with van der Waals surface area (Å²) in [6.07, 6.45) is 1.59. The van der Waals surface area contributed by atoms with Crippen LogP contribution in [0.4, 0.5) is 5.69 Å². The normalized spacial score (nSPS) is 14.7. The lowest BCUT2D eigenvalue weighted by Crippen LogP contribution is -2.36. The van der Waals surface area contributed by atoms with E-state index in [1.165, 1.54) is 10.6 Å². The van der Waals surface area contributed by atoms with E-state index in [1.807, 2.05) is 18.2 Å². The van der Waals surface area contributed by atoms with Crippen molar-refractivity contribution < 1.29 is 14.6 Å². The topological polar surface area (TPSA) is 71.8 Å². The first-order valence-electron chi connectivity index (χ1n) is 7.49. The second-order valence-electron chi connectivity index (χ2n) is 5.43. The van der Waals surface area contributed by atoms with Crippen molar-refractivity contribution in [1.82, 2.24) is 4.57 Å². The Kier molecular flexibility index (Phi) is 4.43. The number of aliphatic carboxylic acids is 1. The average molecular weight is 314 g/mol. The fourth-order valence-electron chi connectivity index (χ4n) is 2.68. The van der Waals surface area contributed by atoms with Gasteiger partial charge < -0.3 is 19.3 Å². The maximum absolute atomic E-state index is 11.7. The summed E-state index contributed by atoms with van der Waals surface area (Å²) in [5.74, 6) is -1.04. The predicted octanol–water partition coefficient (Wildman–Crippen LogP) is 1.44. The van der Waals surface area contributed by atoms with Crippen LogP contribution in [0.1, 0.15) is 0 Å². The van der Waals surface area contributed by atoms with Crippen LogP contribution in [0.3, 0.4) is 0 Å². The molecule has 23 heavy (non-hydrogen) atoms. The summed E-state index contributed by atoms with van der Waals surface area (Å²) in [6, 6.07) is 11.1. The maximum Gasteiger partial charge on any atom is 0.323 e. The number of aromatic nitrogens is 1. The molecule has 0 spiro atoms. The Morgan fingerprint density at radius 1 is 1.13 bits per heavy atom. The Morgan fingerprint density at radius 3 is 2.65 bits per heavy atom. The third-order valence-corrected chi connectivity index (χ3v) is 3.84. The van der Waals surface area contributed by atoms with E-state index in [4.69, 9.17) is 9.84 Å². The summed E-state index contributed by atoms with van der Waals surface area (Å²) >= 11 is 0. The van der Waals surface area contributed by atoms with E-state index in [2.05, 4.69) is 11.0 Å². The minimum atomic E-state index is -1.04. The first-order chi connectivity index (χ1) is 11.1. The molecule has 2 heterocycles. The third-order valence-electron chi connectivity index (χ3n) is 3.84. The molecule has 0 aliphatic carbocycles. The number of ether oxygens (including phenoxy) is 1. The molecule has 120 valence electrons. The van der Waals surface area contributed by atoms with Crippen molar-refractivity contribution in [3.8, 4) is 11.1 Å². The van der Waals surface area contributed by atoms with Crippen molar-refractivity contribution in [2.24, 2.45) is 0 Å². The van der Waals surface area contributed by atoms with E-state index in [0.717, 1.165) is 29.9 Å². The Hall–Kier alpha value is -2.60. The van der Waals surface area contributed by atoms with Crippen LogP contribution in [0, 0.1) is 0 Å². The van der Waals surface area contributed by atoms with Gasteiger partial charge in [-0.25, -0.2) is 0 Å². The highest BCUT2D eigenvalue weighted by Crippen LogP contribution is 2.24. The zero-order chi connectivity index (χ0) is 16.2. The standard InChI is InChI=1S/C17H18N2O4/c20-16-5-4-14(11-19(16)12-17(21)22)13-2-1-3-15(10-13)18-6-8-23-9-7-18/h1-5,10-11H,6-9,12H2,(H,21,22). The van der Waals surface area contributed by atoms with Crippen LogP contribution >= 0.6 is 0 Å². The molecule has 0 atom stereocenters. The summed E-state index contributed by atoms with van der Waals surface area (Å²) < 4.78 is 6.57. The zero-order valence-electron chi connectivity index (χ0n) is 12.6. The Bertz CT molecular complexity index is 763. The average Bonchev–Trinajstić information content (AvgIpc) is 2.57. The number of anilines is 1. The summed E-state index contributed by atoms with van der Waals surface area (Å²) in [6.45, 7) is 2.79. The second kappa shape index (κ2) is 6.66. The van der Waals surface area contributed by atoms with Gasteiger partial charge in [0.1, 0.15) is 6.54 Å². The highest BCUT2D eigenvalue weighted by Gasteiger charge is 2.12. The second-order valence-corrected chi connectivity index (χ2v) is 5.43. The van der Waals surface area contributed by atoms with E-state index in [9.17, 15) is 9.59 Å². The molecule has 2 aromatic rings. The number of rotatable bonds is 4. The van der Waals surface area contributed by atoms with Crippen LogP contribution in [0.25, 0.3) is 11.1 Å². The molecule has 1 aromatic heterocycles. The van der Waals surface area contributed by atoms with Gasteiger partial charge in [-0.3, -0.25) is 9.59 Å². The number of nitrogens with zero attached hydrogens (tertiary/aromatic N) is 2. The molecule has 1 aromatic carbocycles. The van der Waals surface area contributed by atoms with Gasteiger partial charge in [0.25, 0.3) is 5.56 Å². The molecule has 0 saturated carbocycles. The van der Waals surface area contributed by atoms with Crippen LogP contribution in [0.15, 0.2) is 47.4 Å². The van der Waals surface area contributed by atoms with Gasteiger partial charge in [-0.1, -0.05) is 12.1 Å². The van der Waals surface area contributed by atoms with Gasteiger partial charge in [-0.05, 0) is 29.3 Å². The highest BCUT2D eigenvalue weighted by molar-refractivity contribution is 5.69.